The van der Waals surface area contributed by atoms with Crippen LogP contribution >= 0.6 is 0 Å². The van der Waals surface area contributed by atoms with E-state index in [-0.39, 0.29) is 19.6 Å². The first-order valence-corrected chi connectivity index (χ1v) is 5.66. The Labute approximate surface area is 106 Å². The van der Waals surface area contributed by atoms with E-state index in [9.17, 15) is 14.4 Å². The maximum atomic E-state index is 11.7. The Kier molecular flexibility index (Phi) is 4.11. The fourth-order valence-corrected chi connectivity index (χ4v) is 1.48. The molecule has 1 saturated heterocycles. The second-order valence-electron chi connectivity index (χ2n) is 5.02. The first-order valence-electron chi connectivity index (χ1n) is 5.66. The Hall–Kier alpha value is -1.85. The predicted octanol–water partition coefficient (Wildman–Crippen LogP) is 0.778. The fraction of sp³-hybridized carbons (Fsp3) is 0.583. The van der Waals surface area contributed by atoms with Gasteiger partial charge in [0, 0.05) is 6.54 Å². The van der Waals surface area contributed by atoms with Crippen molar-refractivity contribution in [1.29, 1.82) is 0 Å². The lowest BCUT2D eigenvalue weighted by Crippen LogP contribution is -2.56. The van der Waals surface area contributed by atoms with Gasteiger partial charge < -0.3 is 4.74 Å². The van der Waals surface area contributed by atoms with Crippen LogP contribution in [0.2, 0.25) is 0 Å². The molecule has 0 bridgehead atoms. The van der Waals surface area contributed by atoms with Crippen molar-refractivity contribution in [3.05, 3.63) is 12.7 Å². The van der Waals surface area contributed by atoms with Gasteiger partial charge in [0.1, 0.15) is 18.7 Å². The number of hydrogen-bond donors (Lipinski definition) is 0. The number of piperazine rings is 1. The van der Waals surface area contributed by atoms with E-state index in [4.69, 9.17) is 4.74 Å². The molecule has 0 saturated carbocycles. The number of amides is 3. The Morgan fingerprint density at radius 1 is 1.33 bits per heavy atom. The zero-order valence-electron chi connectivity index (χ0n) is 10.9. The average Bonchev–Trinajstić information content (AvgIpc) is 2.20. The first kappa shape index (κ1) is 14.2. The van der Waals surface area contributed by atoms with Crippen LogP contribution in [0.3, 0.4) is 0 Å². The predicted molar refractivity (Wildman–Crippen MR) is 64.7 cm³/mol. The number of hydrogen-bond acceptors (Lipinski definition) is 4. The summed E-state index contributed by atoms with van der Waals surface area (Å²) in [5, 5.41) is 0. The summed E-state index contributed by atoms with van der Waals surface area (Å²) in [7, 11) is 0. The highest BCUT2D eigenvalue weighted by Gasteiger charge is 2.34. The number of nitrogens with zero attached hydrogens (tertiary/aromatic N) is 2. The minimum Gasteiger partial charge on any atom is -0.444 e. The van der Waals surface area contributed by atoms with Crippen molar-refractivity contribution >= 4 is 17.9 Å². The molecule has 0 aromatic carbocycles. The molecule has 6 nitrogen and oxygen atoms in total. The smallest absolute Gasteiger partial charge is 0.411 e. The van der Waals surface area contributed by atoms with Gasteiger partial charge >= 0.3 is 6.09 Å². The lowest BCUT2D eigenvalue weighted by atomic mass is 10.2. The van der Waals surface area contributed by atoms with Gasteiger partial charge in [0.25, 0.3) is 0 Å². The van der Waals surface area contributed by atoms with Crippen LogP contribution in [0.4, 0.5) is 4.79 Å². The minimum atomic E-state index is -0.651. The molecule has 1 aliphatic rings. The summed E-state index contributed by atoms with van der Waals surface area (Å²) in [6, 6.07) is 0. The topological polar surface area (TPSA) is 66.9 Å². The minimum absolute atomic E-state index is 0.144. The number of rotatable bonds is 2. The van der Waals surface area contributed by atoms with E-state index in [0.29, 0.717) is 0 Å². The van der Waals surface area contributed by atoms with Crippen molar-refractivity contribution in [2.45, 2.75) is 26.4 Å². The van der Waals surface area contributed by atoms with Crippen LogP contribution in [0.15, 0.2) is 12.7 Å². The number of carbonyl (C=O) groups excluding carboxylic acids is 3. The average molecular weight is 254 g/mol. The molecule has 0 aromatic heterocycles. The third-order valence-electron chi connectivity index (χ3n) is 2.22. The Morgan fingerprint density at radius 2 is 1.83 bits per heavy atom. The summed E-state index contributed by atoms with van der Waals surface area (Å²) >= 11 is 0. The van der Waals surface area contributed by atoms with Crippen molar-refractivity contribution < 1.29 is 19.1 Å². The molecule has 1 heterocycles. The van der Waals surface area contributed by atoms with E-state index in [2.05, 4.69) is 6.58 Å². The molecule has 0 aromatic rings. The van der Waals surface area contributed by atoms with Crippen LogP contribution in [0.25, 0.3) is 0 Å². The molecule has 0 atom stereocenters. The largest absolute Gasteiger partial charge is 0.444 e. The van der Waals surface area contributed by atoms with Crippen LogP contribution in [-0.4, -0.2) is 52.9 Å². The van der Waals surface area contributed by atoms with Crippen LogP contribution in [0.5, 0.6) is 0 Å². The maximum absolute atomic E-state index is 11.7. The highest BCUT2D eigenvalue weighted by molar-refractivity contribution is 6.02. The molecule has 0 aliphatic carbocycles. The highest BCUT2D eigenvalue weighted by atomic mass is 16.6. The molecule has 1 aliphatic heterocycles. The van der Waals surface area contributed by atoms with E-state index in [1.807, 2.05) is 0 Å². The van der Waals surface area contributed by atoms with Gasteiger partial charge in [-0.25, -0.2) is 4.79 Å². The Balaban J connectivity index is 2.68. The number of imide groups is 1. The summed E-state index contributed by atoms with van der Waals surface area (Å²) in [6.07, 6.45) is 0.821. The van der Waals surface area contributed by atoms with E-state index in [1.54, 1.807) is 20.8 Å². The third-order valence-corrected chi connectivity index (χ3v) is 2.22. The van der Waals surface area contributed by atoms with Crippen molar-refractivity contribution in [2.75, 3.05) is 19.6 Å². The van der Waals surface area contributed by atoms with E-state index < -0.39 is 23.5 Å². The second-order valence-corrected chi connectivity index (χ2v) is 5.02. The maximum Gasteiger partial charge on any atom is 0.411 e. The molecular formula is C12H18N2O4. The summed E-state index contributed by atoms with van der Waals surface area (Å²) in [6.45, 7) is 8.53. The molecule has 3 amide bonds. The monoisotopic (exact) mass is 254 g/mol. The van der Waals surface area contributed by atoms with Crippen molar-refractivity contribution in [1.82, 2.24) is 9.80 Å². The lowest BCUT2D eigenvalue weighted by molar-refractivity contribution is -0.150. The van der Waals surface area contributed by atoms with Crippen molar-refractivity contribution in [2.24, 2.45) is 0 Å². The van der Waals surface area contributed by atoms with Gasteiger partial charge in [0.2, 0.25) is 11.8 Å². The van der Waals surface area contributed by atoms with Gasteiger partial charge in [-0.3, -0.25) is 19.4 Å². The van der Waals surface area contributed by atoms with E-state index in [1.165, 1.54) is 6.08 Å². The van der Waals surface area contributed by atoms with E-state index in [0.717, 1.165) is 9.80 Å². The number of carbonyl (C=O) groups is 3. The van der Waals surface area contributed by atoms with Crippen LogP contribution < -0.4 is 0 Å². The molecule has 0 N–H and O–H groups in total. The molecule has 0 radical (unpaired) electrons. The van der Waals surface area contributed by atoms with Crippen LogP contribution in [0, 0.1) is 0 Å². The Morgan fingerprint density at radius 3 is 2.22 bits per heavy atom. The molecule has 0 spiro atoms. The second kappa shape index (κ2) is 5.20. The van der Waals surface area contributed by atoms with Crippen LogP contribution in [0.1, 0.15) is 20.8 Å². The molecule has 6 heteroatoms. The lowest BCUT2D eigenvalue weighted by Gasteiger charge is -2.33. The van der Waals surface area contributed by atoms with Crippen molar-refractivity contribution in [3.63, 3.8) is 0 Å². The highest BCUT2D eigenvalue weighted by Crippen LogP contribution is 2.12. The molecule has 0 unspecified atom stereocenters. The fourth-order valence-electron chi connectivity index (χ4n) is 1.48. The zero-order chi connectivity index (χ0) is 13.9. The van der Waals surface area contributed by atoms with Gasteiger partial charge in [0.05, 0.1) is 0 Å². The normalized spacial score (nSPS) is 16.8. The standard InChI is InChI=1S/C12H18N2O4/c1-5-6-14-9(15)7-13(8-10(14)16)11(17)18-12(2,3)4/h5H,1,6-8H2,2-4H3. The zero-order valence-corrected chi connectivity index (χ0v) is 10.9. The molecule has 1 fully saturated rings. The summed E-state index contributed by atoms with van der Waals surface area (Å²) < 4.78 is 5.11. The van der Waals surface area contributed by atoms with Gasteiger partial charge in [-0.2, -0.15) is 0 Å². The molecular weight excluding hydrogens is 236 g/mol. The van der Waals surface area contributed by atoms with Gasteiger partial charge in [-0.1, -0.05) is 6.08 Å². The van der Waals surface area contributed by atoms with Gasteiger partial charge in [0.15, 0.2) is 0 Å². The van der Waals surface area contributed by atoms with Crippen LogP contribution in [-0.2, 0) is 14.3 Å². The summed E-state index contributed by atoms with van der Waals surface area (Å²) in [4.78, 5) is 37.3. The van der Waals surface area contributed by atoms with Crippen molar-refractivity contribution in [3.8, 4) is 0 Å². The quantitative estimate of drug-likeness (QED) is 0.539. The Bertz CT molecular complexity index is 366. The molecule has 1 rings (SSSR count). The summed E-state index contributed by atoms with van der Waals surface area (Å²) in [5.41, 5.74) is -0.651. The van der Waals surface area contributed by atoms with Gasteiger partial charge in [-0.15, -0.1) is 6.58 Å². The molecule has 100 valence electrons. The molecule has 18 heavy (non-hydrogen) atoms. The van der Waals surface area contributed by atoms with E-state index >= 15 is 0 Å². The third kappa shape index (κ3) is 3.58. The van der Waals surface area contributed by atoms with Gasteiger partial charge in [-0.05, 0) is 20.8 Å². The SMILES string of the molecule is C=CCN1C(=O)CN(C(=O)OC(C)(C)C)CC1=O. The summed E-state index contributed by atoms with van der Waals surface area (Å²) in [5.74, 6) is -0.839. The number of ether oxygens (including phenoxy) is 1. The first-order chi connectivity index (χ1) is 8.24.